The Morgan fingerprint density at radius 3 is 2.49 bits per heavy atom. The summed E-state index contributed by atoms with van der Waals surface area (Å²) in [6, 6.07) is 8.88. The van der Waals surface area contributed by atoms with Gasteiger partial charge in [0.1, 0.15) is 12.3 Å². The Bertz CT molecular complexity index is 1260. The standard InChI is InChI=1S/C27H33N3O5/c1-6-21-22(14-12-19-10-9-11-23(33-4)25(19)34-5)28-24-15-13-20(18-30(24)26(21)31)27(32)35-17-16-29(7-2)8-3/h9-15,18H,6-8,16-17H2,1-5H3. The van der Waals surface area contributed by atoms with Crippen LogP contribution in [0.1, 0.15) is 48.0 Å². The van der Waals surface area contributed by atoms with Crippen molar-refractivity contribution in [2.45, 2.75) is 27.2 Å². The monoisotopic (exact) mass is 479 g/mol. The summed E-state index contributed by atoms with van der Waals surface area (Å²) in [7, 11) is 3.17. The predicted molar refractivity (Wildman–Crippen MR) is 137 cm³/mol. The van der Waals surface area contributed by atoms with Gasteiger partial charge in [-0.05, 0) is 49.9 Å². The van der Waals surface area contributed by atoms with Gasteiger partial charge >= 0.3 is 5.97 Å². The molecule has 186 valence electrons. The largest absolute Gasteiger partial charge is 0.493 e. The first-order valence-corrected chi connectivity index (χ1v) is 11.8. The molecule has 0 amide bonds. The van der Waals surface area contributed by atoms with Gasteiger partial charge in [0.2, 0.25) is 0 Å². The average Bonchev–Trinajstić information content (AvgIpc) is 2.89. The van der Waals surface area contributed by atoms with Gasteiger partial charge in [-0.1, -0.05) is 32.9 Å². The van der Waals surface area contributed by atoms with Crippen molar-refractivity contribution < 1.29 is 19.0 Å². The maximum absolute atomic E-state index is 13.3. The first kappa shape index (κ1) is 26.0. The van der Waals surface area contributed by atoms with Crippen LogP contribution >= 0.6 is 0 Å². The van der Waals surface area contributed by atoms with Gasteiger partial charge in [-0.2, -0.15) is 0 Å². The van der Waals surface area contributed by atoms with Crippen LogP contribution in [-0.4, -0.2) is 60.7 Å². The van der Waals surface area contributed by atoms with Gasteiger partial charge in [-0.3, -0.25) is 9.20 Å². The van der Waals surface area contributed by atoms with E-state index in [0.29, 0.717) is 53.5 Å². The summed E-state index contributed by atoms with van der Waals surface area (Å²) < 4.78 is 17.7. The molecule has 0 spiro atoms. The summed E-state index contributed by atoms with van der Waals surface area (Å²) in [5.41, 5.74) is 2.47. The van der Waals surface area contributed by atoms with Gasteiger partial charge in [-0.15, -0.1) is 0 Å². The lowest BCUT2D eigenvalue weighted by Gasteiger charge is -2.17. The van der Waals surface area contributed by atoms with E-state index in [1.165, 1.54) is 10.6 Å². The van der Waals surface area contributed by atoms with Gasteiger partial charge in [0.25, 0.3) is 5.56 Å². The van der Waals surface area contributed by atoms with Crippen molar-refractivity contribution in [3.8, 4) is 11.5 Å². The fraction of sp³-hybridized carbons (Fsp3) is 0.370. The zero-order chi connectivity index (χ0) is 25.4. The van der Waals surface area contributed by atoms with Gasteiger partial charge < -0.3 is 19.1 Å². The molecule has 0 fully saturated rings. The molecule has 3 aromatic rings. The molecule has 3 rings (SSSR count). The third kappa shape index (κ3) is 5.89. The zero-order valence-corrected chi connectivity index (χ0v) is 21.0. The highest BCUT2D eigenvalue weighted by Crippen LogP contribution is 2.31. The van der Waals surface area contributed by atoms with Crippen LogP contribution in [0.15, 0.2) is 41.3 Å². The number of aromatic nitrogens is 2. The molecule has 0 radical (unpaired) electrons. The Labute approximate surface area is 205 Å². The van der Waals surface area contributed by atoms with Crippen LogP contribution in [0, 0.1) is 0 Å². The quantitative estimate of drug-likeness (QED) is 0.385. The summed E-state index contributed by atoms with van der Waals surface area (Å²) in [5, 5.41) is 0. The minimum Gasteiger partial charge on any atom is -0.493 e. The normalized spacial score (nSPS) is 11.4. The van der Waals surface area contributed by atoms with E-state index in [1.54, 1.807) is 32.4 Å². The first-order chi connectivity index (χ1) is 17.0. The molecule has 0 aliphatic rings. The maximum Gasteiger partial charge on any atom is 0.339 e. The number of esters is 1. The minimum absolute atomic E-state index is 0.215. The predicted octanol–water partition coefficient (Wildman–Crippen LogP) is 3.94. The van der Waals surface area contributed by atoms with Gasteiger partial charge in [0, 0.05) is 23.9 Å². The summed E-state index contributed by atoms with van der Waals surface area (Å²) in [6.45, 7) is 8.79. The van der Waals surface area contributed by atoms with E-state index < -0.39 is 5.97 Å². The molecule has 0 bridgehead atoms. The van der Waals surface area contributed by atoms with Gasteiger partial charge in [0.15, 0.2) is 11.5 Å². The number of fused-ring (bicyclic) bond motifs is 1. The molecule has 0 atom stereocenters. The van der Waals surface area contributed by atoms with Crippen molar-refractivity contribution >= 4 is 23.8 Å². The molecule has 0 aliphatic carbocycles. The van der Waals surface area contributed by atoms with Crippen molar-refractivity contribution in [3.63, 3.8) is 0 Å². The highest BCUT2D eigenvalue weighted by Gasteiger charge is 2.14. The Morgan fingerprint density at radius 1 is 1.06 bits per heavy atom. The second-order valence-corrected chi connectivity index (χ2v) is 7.86. The molecule has 0 saturated carbocycles. The lowest BCUT2D eigenvalue weighted by molar-refractivity contribution is 0.0466. The number of hydrogen-bond acceptors (Lipinski definition) is 7. The van der Waals surface area contributed by atoms with Crippen molar-refractivity contribution in [2.24, 2.45) is 0 Å². The van der Waals surface area contributed by atoms with Crippen LogP contribution in [0.2, 0.25) is 0 Å². The number of rotatable bonds is 11. The number of benzene rings is 1. The molecule has 8 nitrogen and oxygen atoms in total. The van der Waals surface area contributed by atoms with Crippen molar-refractivity contribution in [1.82, 2.24) is 14.3 Å². The molecule has 0 N–H and O–H groups in total. The number of carbonyl (C=O) groups excluding carboxylic acids is 1. The van der Waals surface area contributed by atoms with Gasteiger partial charge in [0.05, 0.1) is 25.5 Å². The fourth-order valence-electron chi connectivity index (χ4n) is 3.89. The lowest BCUT2D eigenvalue weighted by atomic mass is 10.1. The van der Waals surface area contributed by atoms with Crippen LogP contribution in [0.5, 0.6) is 11.5 Å². The highest BCUT2D eigenvalue weighted by atomic mass is 16.5. The number of carbonyl (C=O) groups is 1. The number of para-hydroxylation sites is 1. The molecule has 2 heterocycles. The number of likely N-dealkylation sites (N-methyl/N-ethyl adjacent to an activating group) is 1. The molecular weight excluding hydrogens is 446 g/mol. The fourth-order valence-corrected chi connectivity index (χ4v) is 3.89. The Balaban J connectivity index is 1.91. The van der Waals surface area contributed by atoms with Gasteiger partial charge in [-0.25, -0.2) is 9.78 Å². The number of ether oxygens (including phenoxy) is 3. The molecule has 0 aliphatic heterocycles. The van der Waals surface area contributed by atoms with E-state index in [4.69, 9.17) is 14.2 Å². The van der Waals surface area contributed by atoms with Crippen LogP contribution in [0.4, 0.5) is 0 Å². The number of nitrogens with zero attached hydrogens (tertiary/aromatic N) is 3. The summed E-state index contributed by atoms with van der Waals surface area (Å²) >= 11 is 0. The SMILES string of the molecule is CCc1c(C=Cc2cccc(OC)c2OC)nc2ccc(C(=O)OCCN(CC)CC)cn2c1=O. The second-order valence-electron chi connectivity index (χ2n) is 7.86. The zero-order valence-electron chi connectivity index (χ0n) is 21.0. The van der Waals surface area contributed by atoms with E-state index in [-0.39, 0.29) is 5.56 Å². The smallest absolute Gasteiger partial charge is 0.339 e. The Kier molecular flexibility index (Phi) is 9.03. The van der Waals surface area contributed by atoms with Crippen LogP contribution in [0.3, 0.4) is 0 Å². The van der Waals surface area contributed by atoms with Crippen molar-refractivity contribution in [3.05, 3.63) is 69.3 Å². The van der Waals surface area contributed by atoms with Crippen LogP contribution in [-0.2, 0) is 11.2 Å². The molecular formula is C27H33N3O5. The Morgan fingerprint density at radius 2 is 1.83 bits per heavy atom. The van der Waals surface area contributed by atoms with Crippen molar-refractivity contribution in [2.75, 3.05) is 40.5 Å². The minimum atomic E-state index is -0.460. The third-order valence-corrected chi connectivity index (χ3v) is 5.93. The Hall–Kier alpha value is -3.65. The van der Waals surface area contributed by atoms with E-state index in [1.807, 2.05) is 31.2 Å². The molecule has 2 aromatic heterocycles. The molecule has 1 aromatic carbocycles. The number of pyridine rings is 1. The van der Waals surface area contributed by atoms with E-state index in [9.17, 15) is 9.59 Å². The molecule has 0 unspecified atom stereocenters. The average molecular weight is 480 g/mol. The van der Waals surface area contributed by atoms with E-state index in [2.05, 4.69) is 23.7 Å². The first-order valence-electron chi connectivity index (χ1n) is 11.8. The van der Waals surface area contributed by atoms with Crippen molar-refractivity contribution in [1.29, 1.82) is 0 Å². The maximum atomic E-state index is 13.3. The van der Waals surface area contributed by atoms with Crippen LogP contribution in [0.25, 0.3) is 17.8 Å². The number of methoxy groups -OCH3 is 2. The highest BCUT2D eigenvalue weighted by molar-refractivity contribution is 5.89. The molecule has 35 heavy (non-hydrogen) atoms. The third-order valence-electron chi connectivity index (χ3n) is 5.93. The van der Waals surface area contributed by atoms with E-state index >= 15 is 0 Å². The molecule has 0 saturated heterocycles. The summed E-state index contributed by atoms with van der Waals surface area (Å²) in [5.74, 6) is 0.762. The lowest BCUT2D eigenvalue weighted by Crippen LogP contribution is -2.28. The second kappa shape index (κ2) is 12.2. The molecule has 8 heteroatoms. The topological polar surface area (TPSA) is 82.4 Å². The van der Waals surface area contributed by atoms with Crippen LogP contribution < -0.4 is 15.0 Å². The summed E-state index contributed by atoms with van der Waals surface area (Å²) in [4.78, 5) is 32.6. The number of hydrogen-bond donors (Lipinski definition) is 0. The summed E-state index contributed by atoms with van der Waals surface area (Å²) in [6.07, 6.45) is 5.64. The van der Waals surface area contributed by atoms with E-state index in [0.717, 1.165) is 18.7 Å².